The molecule has 34 heavy (non-hydrogen) atoms. The molecule has 0 amide bonds. The number of sulfonamides is 1. The molecular formula is C25H31N3O5S. The highest BCUT2D eigenvalue weighted by molar-refractivity contribution is 7.89. The highest BCUT2D eigenvalue weighted by Gasteiger charge is 2.31. The summed E-state index contributed by atoms with van der Waals surface area (Å²) in [7, 11) is -1.88. The Labute approximate surface area is 200 Å². The van der Waals surface area contributed by atoms with Gasteiger partial charge in [-0.2, -0.15) is 4.31 Å². The lowest BCUT2D eigenvalue weighted by atomic mass is 10.0. The lowest BCUT2D eigenvalue weighted by molar-refractivity contribution is -0.0249. The van der Waals surface area contributed by atoms with E-state index in [4.69, 9.17) is 9.47 Å². The van der Waals surface area contributed by atoms with Gasteiger partial charge >= 0.3 is 0 Å². The highest BCUT2D eigenvalue weighted by atomic mass is 32.2. The van der Waals surface area contributed by atoms with Gasteiger partial charge in [0.25, 0.3) is 5.56 Å². The molecule has 1 atom stereocenters. The third-order valence-corrected chi connectivity index (χ3v) is 8.05. The van der Waals surface area contributed by atoms with Crippen molar-refractivity contribution in [1.82, 2.24) is 13.7 Å². The van der Waals surface area contributed by atoms with Gasteiger partial charge < -0.3 is 9.47 Å². The number of aromatic nitrogens is 2. The normalized spacial score (nSPS) is 17.3. The van der Waals surface area contributed by atoms with Crippen molar-refractivity contribution in [2.75, 3.05) is 26.3 Å². The van der Waals surface area contributed by atoms with E-state index < -0.39 is 10.0 Å². The van der Waals surface area contributed by atoms with Crippen LogP contribution in [0.25, 0.3) is 5.69 Å². The molecular weight excluding hydrogens is 454 g/mol. The van der Waals surface area contributed by atoms with E-state index in [2.05, 4.69) is 0 Å². The molecule has 0 spiro atoms. The van der Waals surface area contributed by atoms with Crippen molar-refractivity contribution in [2.45, 2.75) is 37.7 Å². The van der Waals surface area contributed by atoms with E-state index in [9.17, 15) is 13.2 Å². The van der Waals surface area contributed by atoms with Crippen LogP contribution in [0.4, 0.5) is 0 Å². The van der Waals surface area contributed by atoms with Crippen molar-refractivity contribution in [1.29, 1.82) is 0 Å². The monoisotopic (exact) mass is 485 g/mol. The lowest BCUT2D eigenvalue weighted by Gasteiger charge is -2.32. The summed E-state index contributed by atoms with van der Waals surface area (Å²) in [6.07, 6.45) is -0.359. The Hall–Kier alpha value is -2.88. The van der Waals surface area contributed by atoms with E-state index in [0.717, 1.165) is 11.3 Å². The molecule has 2 aromatic carbocycles. The zero-order valence-corrected chi connectivity index (χ0v) is 20.8. The van der Waals surface area contributed by atoms with Crippen LogP contribution in [-0.2, 0) is 21.8 Å². The minimum Gasteiger partial charge on any atom is -0.491 e. The molecule has 1 fully saturated rings. The Morgan fingerprint density at radius 3 is 2.38 bits per heavy atom. The fourth-order valence-corrected chi connectivity index (χ4v) is 5.77. The molecule has 1 aliphatic heterocycles. The summed E-state index contributed by atoms with van der Waals surface area (Å²) >= 11 is 0. The topological polar surface area (TPSA) is 82.8 Å². The maximum Gasteiger partial charge on any atom is 0.275 e. The largest absolute Gasteiger partial charge is 0.491 e. The molecule has 3 aromatic rings. The molecule has 182 valence electrons. The van der Waals surface area contributed by atoms with Crippen molar-refractivity contribution in [3.63, 3.8) is 0 Å². The second-order valence-corrected chi connectivity index (χ2v) is 10.7. The molecule has 0 radical (unpaired) electrons. The van der Waals surface area contributed by atoms with Gasteiger partial charge in [0.05, 0.1) is 17.2 Å². The van der Waals surface area contributed by atoms with E-state index in [1.807, 2.05) is 58.2 Å². The zero-order valence-electron chi connectivity index (χ0n) is 20.0. The summed E-state index contributed by atoms with van der Waals surface area (Å²) in [5.74, 6) is 0.813. The summed E-state index contributed by atoms with van der Waals surface area (Å²) in [4.78, 5) is 13.2. The standard InChI is InChI=1S/C25H31N3O5S/c1-18(2)24-19(3)26(4)28(25(24)29)20-10-12-23(13-11-20)34(30,31)27-14-15-32-22(16-27)17-33-21-8-6-5-7-9-21/h5-13,18,22H,14-17H2,1-4H3/t22-/m1/s1. The highest BCUT2D eigenvalue weighted by Crippen LogP contribution is 2.22. The number of rotatable bonds is 7. The number of ether oxygens (including phenoxy) is 2. The molecule has 1 aromatic heterocycles. The van der Waals surface area contributed by atoms with E-state index in [0.29, 0.717) is 18.0 Å². The maximum atomic E-state index is 13.3. The van der Waals surface area contributed by atoms with E-state index in [-0.39, 0.29) is 42.2 Å². The van der Waals surface area contributed by atoms with Gasteiger partial charge in [0.2, 0.25) is 10.0 Å². The third kappa shape index (κ3) is 4.68. The Kier molecular flexibility index (Phi) is 6.97. The molecule has 8 nitrogen and oxygen atoms in total. The summed E-state index contributed by atoms with van der Waals surface area (Å²) in [6.45, 7) is 6.96. The van der Waals surface area contributed by atoms with E-state index in [1.165, 1.54) is 4.31 Å². The van der Waals surface area contributed by atoms with Crippen LogP contribution in [0.15, 0.2) is 64.3 Å². The van der Waals surface area contributed by atoms with Gasteiger partial charge in [-0.05, 0) is 49.2 Å². The summed E-state index contributed by atoms with van der Waals surface area (Å²) in [5.41, 5.74) is 2.20. The Balaban J connectivity index is 1.51. The minimum atomic E-state index is -3.71. The summed E-state index contributed by atoms with van der Waals surface area (Å²) in [5, 5.41) is 0. The minimum absolute atomic E-state index is 0.0833. The average Bonchev–Trinajstić information content (AvgIpc) is 3.06. The van der Waals surface area contributed by atoms with Crippen LogP contribution in [0.3, 0.4) is 0 Å². The maximum absolute atomic E-state index is 13.3. The van der Waals surface area contributed by atoms with Gasteiger partial charge in [-0.3, -0.25) is 9.48 Å². The molecule has 0 unspecified atom stereocenters. The van der Waals surface area contributed by atoms with Gasteiger partial charge in [-0.1, -0.05) is 32.0 Å². The van der Waals surface area contributed by atoms with Crippen molar-refractivity contribution in [3.8, 4) is 11.4 Å². The van der Waals surface area contributed by atoms with Crippen molar-refractivity contribution in [2.24, 2.45) is 7.05 Å². The van der Waals surface area contributed by atoms with Gasteiger partial charge in [0.15, 0.2) is 0 Å². The molecule has 9 heteroatoms. The van der Waals surface area contributed by atoms with Crippen LogP contribution in [0.1, 0.15) is 31.0 Å². The molecule has 1 saturated heterocycles. The Morgan fingerprint density at radius 2 is 1.76 bits per heavy atom. The predicted molar refractivity (Wildman–Crippen MR) is 130 cm³/mol. The first kappa shape index (κ1) is 24.3. The van der Waals surface area contributed by atoms with Crippen LogP contribution in [0, 0.1) is 6.92 Å². The van der Waals surface area contributed by atoms with Crippen LogP contribution >= 0.6 is 0 Å². The SMILES string of the molecule is Cc1c(C(C)C)c(=O)n(-c2ccc(S(=O)(=O)N3CCO[C@@H](COc4ccccc4)C3)cc2)n1C. The summed E-state index contributed by atoms with van der Waals surface area (Å²) in [6, 6.07) is 15.8. The quantitative estimate of drug-likeness (QED) is 0.514. The number of nitrogens with zero attached hydrogens (tertiary/aromatic N) is 3. The third-order valence-electron chi connectivity index (χ3n) is 6.18. The van der Waals surface area contributed by atoms with Crippen LogP contribution in [0.2, 0.25) is 0 Å². The van der Waals surface area contributed by atoms with Crippen molar-refractivity contribution >= 4 is 10.0 Å². The predicted octanol–water partition coefficient (Wildman–Crippen LogP) is 3.08. The van der Waals surface area contributed by atoms with Crippen LogP contribution < -0.4 is 10.3 Å². The average molecular weight is 486 g/mol. The Bertz CT molecular complexity index is 1290. The first-order valence-electron chi connectivity index (χ1n) is 11.4. The zero-order chi connectivity index (χ0) is 24.5. The fraction of sp³-hybridized carbons (Fsp3) is 0.400. The molecule has 0 bridgehead atoms. The number of benzene rings is 2. The van der Waals surface area contributed by atoms with Gasteiger partial charge in [0, 0.05) is 31.4 Å². The Morgan fingerprint density at radius 1 is 1.09 bits per heavy atom. The number of para-hydroxylation sites is 1. The first-order valence-corrected chi connectivity index (χ1v) is 12.8. The molecule has 0 aliphatic carbocycles. The number of hydrogen-bond donors (Lipinski definition) is 0. The van der Waals surface area contributed by atoms with Gasteiger partial charge in [-0.25, -0.2) is 13.1 Å². The first-order chi connectivity index (χ1) is 16.2. The molecule has 4 rings (SSSR count). The number of hydrogen-bond acceptors (Lipinski definition) is 5. The van der Waals surface area contributed by atoms with Crippen LogP contribution in [0.5, 0.6) is 5.75 Å². The van der Waals surface area contributed by atoms with Gasteiger partial charge in [-0.15, -0.1) is 0 Å². The fourth-order valence-electron chi connectivity index (χ4n) is 4.31. The van der Waals surface area contributed by atoms with E-state index in [1.54, 1.807) is 33.6 Å². The van der Waals surface area contributed by atoms with Gasteiger partial charge in [0.1, 0.15) is 18.5 Å². The smallest absolute Gasteiger partial charge is 0.275 e. The molecule has 1 aliphatic rings. The number of morpholine rings is 1. The molecule has 2 heterocycles. The second kappa shape index (κ2) is 9.77. The summed E-state index contributed by atoms with van der Waals surface area (Å²) < 4.78 is 42.9. The molecule has 0 saturated carbocycles. The van der Waals surface area contributed by atoms with Crippen LogP contribution in [-0.4, -0.2) is 54.5 Å². The second-order valence-electron chi connectivity index (χ2n) is 8.77. The molecule has 0 N–H and O–H groups in total. The van der Waals surface area contributed by atoms with Crippen molar-refractivity contribution < 1.29 is 17.9 Å². The van der Waals surface area contributed by atoms with E-state index >= 15 is 0 Å². The van der Waals surface area contributed by atoms with Crippen molar-refractivity contribution in [3.05, 3.63) is 76.2 Å². The lowest BCUT2D eigenvalue weighted by Crippen LogP contribution is -2.47.